The van der Waals surface area contributed by atoms with Gasteiger partial charge in [0.2, 0.25) is 5.91 Å². The Labute approximate surface area is 167 Å². The highest BCUT2D eigenvalue weighted by Crippen LogP contribution is 2.52. The molecular formula is C22H21N3O4. The van der Waals surface area contributed by atoms with Crippen molar-refractivity contribution in [2.24, 2.45) is 5.84 Å². The number of fused-ring (bicyclic) bond motifs is 2. The van der Waals surface area contributed by atoms with Crippen molar-refractivity contribution in [3.63, 3.8) is 0 Å². The van der Waals surface area contributed by atoms with E-state index in [0.29, 0.717) is 30.6 Å². The minimum atomic E-state index is -0.734. The van der Waals surface area contributed by atoms with E-state index in [1.54, 1.807) is 18.2 Å². The first-order valence-electron chi connectivity index (χ1n) is 9.73. The number of hydrogen-bond donors (Lipinski definition) is 2. The Morgan fingerprint density at radius 2 is 1.76 bits per heavy atom. The number of hydrazine groups is 1. The fourth-order valence-electron chi connectivity index (χ4n) is 4.68. The first kappa shape index (κ1) is 17.9. The SMILES string of the molecule is NNC(=O)c1ccc(C2(C(=O)N3CCC4(C3)OC(=O)c3ccccc34)CC2)cc1. The third kappa shape index (κ3) is 2.57. The van der Waals surface area contributed by atoms with Gasteiger partial charge in [0.1, 0.15) is 0 Å². The van der Waals surface area contributed by atoms with Crippen LogP contribution in [0.5, 0.6) is 0 Å². The molecule has 7 nitrogen and oxygen atoms in total. The van der Waals surface area contributed by atoms with Crippen LogP contribution in [0.15, 0.2) is 48.5 Å². The van der Waals surface area contributed by atoms with Crippen LogP contribution in [0.4, 0.5) is 0 Å². The van der Waals surface area contributed by atoms with Gasteiger partial charge in [-0.15, -0.1) is 0 Å². The minimum absolute atomic E-state index is 0.0610. The van der Waals surface area contributed by atoms with Crippen LogP contribution in [0.1, 0.15) is 51.1 Å². The standard InChI is InChI=1S/C22H21N3O4/c23-24-18(26)14-5-7-15(8-6-14)21(9-10-21)20(28)25-12-11-22(13-25)17-4-2-1-3-16(17)19(27)29-22/h1-8H,9-13,23H2,(H,24,26). The summed E-state index contributed by atoms with van der Waals surface area (Å²) in [5, 5.41) is 0. The van der Waals surface area contributed by atoms with Gasteiger partial charge in [-0.05, 0) is 36.6 Å². The number of esters is 1. The molecule has 1 atom stereocenters. The fourth-order valence-corrected chi connectivity index (χ4v) is 4.68. The van der Waals surface area contributed by atoms with Gasteiger partial charge in [0.25, 0.3) is 5.91 Å². The maximum Gasteiger partial charge on any atom is 0.339 e. The molecule has 1 saturated carbocycles. The van der Waals surface area contributed by atoms with Gasteiger partial charge in [0.05, 0.1) is 17.5 Å². The Morgan fingerprint density at radius 1 is 1.03 bits per heavy atom. The van der Waals surface area contributed by atoms with Crippen molar-refractivity contribution in [3.8, 4) is 0 Å². The van der Waals surface area contributed by atoms with Crippen LogP contribution in [-0.2, 0) is 20.5 Å². The van der Waals surface area contributed by atoms with E-state index in [1.807, 2.05) is 35.2 Å². The summed E-state index contributed by atoms with van der Waals surface area (Å²) < 4.78 is 5.76. The highest BCUT2D eigenvalue weighted by atomic mass is 16.6. The number of carbonyl (C=O) groups is 3. The van der Waals surface area contributed by atoms with Crippen molar-refractivity contribution in [1.29, 1.82) is 0 Å². The second-order valence-electron chi connectivity index (χ2n) is 8.04. The number of nitrogens with two attached hydrogens (primary N) is 1. The topological polar surface area (TPSA) is 102 Å². The average Bonchev–Trinajstić information content (AvgIpc) is 3.39. The van der Waals surface area contributed by atoms with Crippen LogP contribution in [0.3, 0.4) is 0 Å². The number of amides is 2. The van der Waals surface area contributed by atoms with Crippen molar-refractivity contribution in [2.75, 3.05) is 13.1 Å². The number of hydrogen-bond acceptors (Lipinski definition) is 5. The Kier molecular flexibility index (Phi) is 3.79. The Balaban J connectivity index is 1.38. The second kappa shape index (κ2) is 6.15. The van der Waals surface area contributed by atoms with E-state index in [2.05, 4.69) is 5.43 Å². The number of nitrogens with zero attached hydrogens (tertiary/aromatic N) is 1. The summed E-state index contributed by atoms with van der Waals surface area (Å²) >= 11 is 0. The van der Waals surface area contributed by atoms with Gasteiger partial charge in [-0.1, -0.05) is 30.3 Å². The molecule has 2 fully saturated rings. The number of likely N-dealkylation sites (tertiary alicyclic amines) is 1. The van der Waals surface area contributed by atoms with E-state index >= 15 is 0 Å². The summed E-state index contributed by atoms with van der Waals surface area (Å²) in [6.07, 6.45) is 2.15. The highest BCUT2D eigenvalue weighted by molar-refractivity contribution is 5.96. The lowest BCUT2D eigenvalue weighted by Crippen LogP contribution is -2.40. The van der Waals surface area contributed by atoms with Crippen LogP contribution in [-0.4, -0.2) is 35.8 Å². The van der Waals surface area contributed by atoms with Gasteiger partial charge in [-0.25, -0.2) is 10.6 Å². The quantitative estimate of drug-likeness (QED) is 0.358. The smallest absolute Gasteiger partial charge is 0.339 e. The van der Waals surface area contributed by atoms with Crippen LogP contribution in [0.2, 0.25) is 0 Å². The molecule has 2 aliphatic heterocycles. The monoisotopic (exact) mass is 391 g/mol. The number of benzene rings is 2. The summed E-state index contributed by atoms with van der Waals surface area (Å²) in [6.45, 7) is 0.930. The Morgan fingerprint density at radius 3 is 2.45 bits per heavy atom. The third-order valence-electron chi connectivity index (χ3n) is 6.44. The van der Waals surface area contributed by atoms with Gasteiger partial charge in [0, 0.05) is 24.1 Å². The highest BCUT2D eigenvalue weighted by Gasteiger charge is 2.57. The van der Waals surface area contributed by atoms with Crippen molar-refractivity contribution in [1.82, 2.24) is 10.3 Å². The normalized spacial score (nSPS) is 23.6. The summed E-state index contributed by atoms with van der Waals surface area (Å²) in [5.74, 6) is 4.56. The molecule has 29 heavy (non-hydrogen) atoms. The van der Waals surface area contributed by atoms with E-state index in [0.717, 1.165) is 24.0 Å². The van der Waals surface area contributed by atoms with Gasteiger partial charge in [0.15, 0.2) is 5.60 Å². The largest absolute Gasteiger partial charge is 0.449 e. The molecule has 0 bridgehead atoms. The first-order valence-corrected chi connectivity index (χ1v) is 9.73. The zero-order chi connectivity index (χ0) is 20.2. The zero-order valence-corrected chi connectivity index (χ0v) is 15.8. The second-order valence-corrected chi connectivity index (χ2v) is 8.04. The molecule has 5 rings (SSSR count). The summed E-state index contributed by atoms with van der Waals surface area (Å²) in [4.78, 5) is 39.2. The number of rotatable bonds is 3. The predicted octanol–water partition coefficient (Wildman–Crippen LogP) is 1.62. The molecule has 3 aliphatic rings. The van der Waals surface area contributed by atoms with E-state index in [-0.39, 0.29) is 17.8 Å². The first-order chi connectivity index (χ1) is 14.0. The van der Waals surface area contributed by atoms with Crippen LogP contribution < -0.4 is 11.3 Å². The van der Waals surface area contributed by atoms with Crippen molar-refractivity contribution < 1.29 is 19.1 Å². The molecular weight excluding hydrogens is 370 g/mol. The van der Waals surface area contributed by atoms with E-state index in [4.69, 9.17) is 10.6 Å². The lowest BCUT2D eigenvalue weighted by molar-refractivity contribution is -0.134. The molecule has 3 N–H and O–H groups in total. The van der Waals surface area contributed by atoms with E-state index in [9.17, 15) is 14.4 Å². The maximum atomic E-state index is 13.4. The lowest BCUT2D eigenvalue weighted by Gasteiger charge is -2.27. The molecule has 0 aromatic heterocycles. The van der Waals surface area contributed by atoms with Gasteiger partial charge in [-0.3, -0.25) is 15.0 Å². The van der Waals surface area contributed by atoms with Gasteiger partial charge >= 0.3 is 5.97 Å². The fraction of sp³-hybridized carbons (Fsp3) is 0.318. The van der Waals surface area contributed by atoms with E-state index < -0.39 is 11.0 Å². The summed E-state index contributed by atoms with van der Waals surface area (Å²) in [5.41, 5.74) is 3.65. The number of carbonyl (C=O) groups excluding carboxylic acids is 3. The van der Waals surface area contributed by atoms with E-state index in [1.165, 1.54) is 0 Å². The zero-order valence-electron chi connectivity index (χ0n) is 15.8. The molecule has 0 radical (unpaired) electrons. The number of nitrogen functional groups attached to an aromatic ring is 1. The van der Waals surface area contributed by atoms with Crippen LogP contribution >= 0.6 is 0 Å². The molecule has 1 spiro atoms. The Bertz CT molecular complexity index is 1030. The third-order valence-corrected chi connectivity index (χ3v) is 6.44. The van der Waals surface area contributed by atoms with Crippen molar-refractivity contribution in [2.45, 2.75) is 30.3 Å². The lowest BCUT2D eigenvalue weighted by atomic mass is 9.91. The molecule has 1 unspecified atom stereocenters. The van der Waals surface area contributed by atoms with Crippen molar-refractivity contribution in [3.05, 3.63) is 70.8 Å². The van der Waals surface area contributed by atoms with Gasteiger partial charge in [-0.2, -0.15) is 0 Å². The minimum Gasteiger partial charge on any atom is -0.449 e. The molecule has 2 aromatic rings. The maximum absolute atomic E-state index is 13.4. The molecule has 1 saturated heterocycles. The predicted molar refractivity (Wildman–Crippen MR) is 104 cm³/mol. The Hall–Kier alpha value is -3.19. The molecule has 2 aromatic carbocycles. The van der Waals surface area contributed by atoms with Crippen molar-refractivity contribution >= 4 is 17.8 Å². The van der Waals surface area contributed by atoms with Gasteiger partial charge < -0.3 is 9.64 Å². The van der Waals surface area contributed by atoms with Crippen LogP contribution in [0, 0.1) is 0 Å². The van der Waals surface area contributed by atoms with Crippen LogP contribution in [0.25, 0.3) is 0 Å². The summed E-state index contributed by atoms with van der Waals surface area (Å²) in [7, 11) is 0. The summed E-state index contributed by atoms with van der Waals surface area (Å²) in [6, 6.07) is 14.4. The average molecular weight is 391 g/mol. The molecule has 7 heteroatoms. The molecule has 1 aliphatic carbocycles. The molecule has 148 valence electrons. The number of ether oxygens (including phenoxy) is 1. The molecule has 2 amide bonds. The number of nitrogens with one attached hydrogen (secondary N) is 1. The molecule has 2 heterocycles.